The van der Waals surface area contributed by atoms with Crippen LogP contribution in [-0.2, 0) is 10.0 Å². The summed E-state index contributed by atoms with van der Waals surface area (Å²) in [5, 5.41) is 0. The van der Waals surface area contributed by atoms with E-state index < -0.39 is 10.0 Å². The van der Waals surface area contributed by atoms with Gasteiger partial charge in [0.05, 0.1) is 4.90 Å². The van der Waals surface area contributed by atoms with Gasteiger partial charge in [-0.2, -0.15) is 0 Å². The van der Waals surface area contributed by atoms with Gasteiger partial charge in [-0.1, -0.05) is 0 Å². The molecule has 2 aromatic carbocycles. The van der Waals surface area contributed by atoms with Gasteiger partial charge in [0.25, 0.3) is 15.9 Å². The Hall–Kier alpha value is -2.74. The van der Waals surface area contributed by atoms with Crippen molar-refractivity contribution in [2.75, 3.05) is 25.0 Å². The van der Waals surface area contributed by atoms with Gasteiger partial charge in [0, 0.05) is 30.4 Å². The Labute approximate surface area is 157 Å². The van der Waals surface area contributed by atoms with Crippen LogP contribution in [0.1, 0.15) is 23.2 Å². The lowest BCUT2D eigenvalue weighted by Gasteiger charge is -2.19. The Morgan fingerprint density at radius 3 is 2.37 bits per heavy atom. The third-order valence-electron chi connectivity index (χ3n) is 4.62. The van der Waals surface area contributed by atoms with Crippen LogP contribution in [0.15, 0.2) is 47.4 Å². The number of ether oxygens (including phenoxy) is 2. The zero-order valence-electron chi connectivity index (χ0n) is 14.8. The van der Waals surface area contributed by atoms with E-state index in [-0.39, 0.29) is 10.8 Å². The summed E-state index contributed by atoms with van der Waals surface area (Å²) in [5.41, 5.74) is 0.919. The Morgan fingerprint density at radius 2 is 1.70 bits per heavy atom. The highest BCUT2D eigenvalue weighted by atomic mass is 32.2. The molecule has 1 saturated carbocycles. The lowest BCUT2D eigenvalue weighted by molar-refractivity contribution is 0.0785. The van der Waals surface area contributed by atoms with Gasteiger partial charge >= 0.3 is 0 Å². The zero-order valence-corrected chi connectivity index (χ0v) is 15.7. The van der Waals surface area contributed by atoms with Crippen LogP contribution in [0, 0.1) is 0 Å². The van der Waals surface area contributed by atoms with Crippen LogP contribution < -0.4 is 14.2 Å². The van der Waals surface area contributed by atoms with Gasteiger partial charge in [-0.3, -0.25) is 9.52 Å². The minimum Gasteiger partial charge on any atom is -0.486 e. The minimum absolute atomic E-state index is 0.0567. The maximum Gasteiger partial charge on any atom is 0.262 e. The molecule has 142 valence electrons. The van der Waals surface area contributed by atoms with Crippen LogP contribution in [0.25, 0.3) is 0 Å². The molecule has 2 aliphatic rings. The quantitative estimate of drug-likeness (QED) is 0.851. The first-order valence-corrected chi connectivity index (χ1v) is 10.2. The molecule has 1 aliphatic carbocycles. The van der Waals surface area contributed by atoms with Crippen LogP contribution in [0.3, 0.4) is 0 Å². The molecular formula is C19H20N2O5S. The number of hydrogen-bond donors (Lipinski definition) is 1. The predicted molar refractivity (Wildman–Crippen MR) is 99.8 cm³/mol. The van der Waals surface area contributed by atoms with Crippen LogP contribution in [-0.4, -0.2) is 45.5 Å². The average Bonchev–Trinajstić information content (AvgIpc) is 3.52. The Balaban J connectivity index is 1.50. The topological polar surface area (TPSA) is 84.9 Å². The molecule has 0 spiro atoms. The second-order valence-corrected chi connectivity index (χ2v) is 8.32. The third-order valence-corrected chi connectivity index (χ3v) is 6.00. The fourth-order valence-corrected chi connectivity index (χ4v) is 3.99. The third kappa shape index (κ3) is 3.71. The van der Waals surface area contributed by atoms with Crippen molar-refractivity contribution in [2.45, 2.75) is 23.8 Å². The highest BCUT2D eigenvalue weighted by molar-refractivity contribution is 7.92. The molecule has 4 rings (SSSR count). The second kappa shape index (κ2) is 6.77. The van der Waals surface area contributed by atoms with Gasteiger partial charge in [0.2, 0.25) is 0 Å². The van der Waals surface area contributed by atoms with Crippen molar-refractivity contribution in [3.8, 4) is 11.5 Å². The number of anilines is 1. The van der Waals surface area contributed by atoms with Gasteiger partial charge in [-0.05, 0) is 49.2 Å². The number of benzene rings is 2. The van der Waals surface area contributed by atoms with E-state index in [0.29, 0.717) is 42.0 Å². The first kappa shape index (κ1) is 17.7. The molecule has 1 fully saturated rings. The van der Waals surface area contributed by atoms with Crippen LogP contribution in [0.2, 0.25) is 0 Å². The maximum atomic E-state index is 12.6. The van der Waals surface area contributed by atoms with Crippen molar-refractivity contribution in [1.82, 2.24) is 4.90 Å². The van der Waals surface area contributed by atoms with E-state index in [9.17, 15) is 13.2 Å². The van der Waals surface area contributed by atoms with Gasteiger partial charge in [0.1, 0.15) is 13.2 Å². The smallest absolute Gasteiger partial charge is 0.262 e. The van der Waals surface area contributed by atoms with E-state index in [0.717, 1.165) is 12.8 Å². The van der Waals surface area contributed by atoms with Gasteiger partial charge in [0.15, 0.2) is 11.5 Å². The number of rotatable bonds is 5. The number of nitrogens with zero attached hydrogens (tertiary/aromatic N) is 1. The van der Waals surface area contributed by atoms with Crippen molar-refractivity contribution < 1.29 is 22.7 Å². The number of hydrogen-bond acceptors (Lipinski definition) is 5. The zero-order chi connectivity index (χ0) is 19.0. The molecule has 0 aromatic heterocycles. The lowest BCUT2D eigenvalue weighted by atomic mass is 10.2. The van der Waals surface area contributed by atoms with Gasteiger partial charge < -0.3 is 14.4 Å². The molecule has 2 aromatic rings. The molecule has 0 unspecified atom stereocenters. The van der Waals surface area contributed by atoms with Crippen molar-refractivity contribution in [3.05, 3.63) is 48.0 Å². The molecular weight excluding hydrogens is 368 g/mol. The normalized spacial score (nSPS) is 15.9. The Kier molecular flexibility index (Phi) is 4.43. The van der Waals surface area contributed by atoms with Crippen LogP contribution in [0.4, 0.5) is 5.69 Å². The summed E-state index contributed by atoms with van der Waals surface area (Å²) in [6.07, 6.45) is 2.07. The lowest BCUT2D eigenvalue weighted by Crippen LogP contribution is -2.28. The molecule has 0 radical (unpaired) electrons. The van der Waals surface area contributed by atoms with E-state index >= 15 is 0 Å². The van der Waals surface area contributed by atoms with Crippen LogP contribution in [0.5, 0.6) is 11.5 Å². The van der Waals surface area contributed by atoms with E-state index in [1.54, 1.807) is 42.3 Å². The predicted octanol–water partition coefficient (Wildman–Crippen LogP) is 2.49. The summed E-state index contributed by atoms with van der Waals surface area (Å²) < 4.78 is 38.6. The van der Waals surface area contributed by atoms with Crippen molar-refractivity contribution in [2.24, 2.45) is 0 Å². The minimum atomic E-state index is -3.78. The van der Waals surface area contributed by atoms with Crippen LogP contribution >= 0.6 is 0 Å². The van der Waals surface area contributed by atoms with Crippen molar-refractivity contribution in [3.63, 3.8) is 0 Å². The maximum absolute atomic E-state index is 12.6. The second-order valence-electron chi connectivity index (χ2n) is 6.64. The molecule has 1 N–H and O–H groups in total. The first-order valence-electron chi connectivity index (χ1n) is 8.74. The van der Waals surface area contributed by atoms with E-state index in [4.69, 9.17) is 9.47 Å². The number of carbonyl (C=O) groups excluding carboxylic acids is 1. The monoisotopic (exact) mass is 388 g/mol. The number of nitrogens with one attached hydrogen (secondary N) is 1. The average molecular weight is 388 g/mol. The van der Waals surface area contributed by atoms with E-state index in [1.807, 2.05) is 0 Å². The summed E-state index contributed by atoms with van der Waals surface area (Å²) >= 11 is 0. The number of carbonyl (C=O) groups is 1. The molecule has 0 bridgehead atoms. The summed E-state index contributed by atoms with van der Waals surface area (Å²) in [4.78, 5) is 14.2. The molecule has 7 nitrogen and oxygen atoms in total. The summed E-state index contributed by atoms with van der Waals surface area (Å²) in [6.45, 7) is 0.826. The fraction of sp³-hybridized carbons (Fsp3) is 0.316. The van der Waals surface area contributed by atoms with Gasteiger partial charge in [-0.25, -0.2) is 8.42 Å². The molecule has 1 heterocycles. The highest BCUT2D eigenvalue weighted by Gasteiger charge is 2.30. The Bertz CT molecular complexity index is 968. The molecule has 1 aliphatic heterocycles. The standard InChI is InChI=1S/C19H20N2O5S/c1-21(15-6-7-15)19(22)13-2-4-14(5-3-13)20-27(23,24)16-8-9-17-18(12-16)26-11-10-25-17/h2-5,8-9,12,15,20H,6-7,10-11H2,1H3. The fourth-order valence-electron chi connectivity index (χ4n) is 2.92. The summed E-state index contributed by atoms with van der Waals surface area (Å²) in [7, 11) is -1.99. The molecule has 8 heteroatoms. The number of fused-ring (bicyclic) bond motifs is 1. The molecule has 27 heavy (non-hydrogen) atoms. The van der Waals surface area contributed by atoms with Crippen molar-refractivity contribution >= 4 is 21.6 Å². The molecule has 0 atom stereocenters. The first-order chi connectivity index (χ1) is 12.9. The largest absolute Gasteiger partial charge is 0.486 e. The van der Waals surface area contributed by atoms with Crippen molar-refractivity contribution in [1.29, 1.82) is 0 Å². The van der Waals surface area contributed by atoms with E-state index in [1.165, 1.54) is 12.1 Å². The van der Waals surface area contributed by atoms with E-state index in [2.05, 4.69) is 4.72 Å². The Morgan fingerprint density at radius 1 is 1.04 bits per heavy atom. The summed E-state index contributed by atoms with van der Waals surface area (Å²) in [6, 6.07) is 11.3. The molecule has 0 saturated heterocycles. The SMILES string of the molecule is CN(C(=O)c1ccc(NS(=O)(=O)c2ccc3c(c2)OCCO3)cc1)C1CC1. The molecule has 1 amide bonds. The van der Waals surface area contributed by atoms with Gasteiger partial charge in [-0.15, -0.1) is 0 Å². The number of amides is 1. The number of sulfonamides is 1. The summed E-state index contributed by atoms with van der Waals surface area (Å²) in [5.74, 6) is 0.884. The highest BCUT2D eigenvalue weighted by Crippen LogP contribution is 2.33.